The zero-order chi connectivity index (χ0) is 5.11. The highest BCUT2D eigenvalue weighted by Crippen LogP contribution is 1.98. The Morgan fingerprint density at radius 1 is 1.71 bits per heavy atom. The summed E-state index contributed by atoms with van der Waals surface area (Å²) in [5, 5.41) is 1.93. The minimum absolute atomic E-state index is 0.997. The first-order valence-electron chi connectivity index (χ1n) is 2.54. The fraction of sp³-hybridized carbons (Fsp3) is 1.00. The predicted molar refractivity (Wildman–Crippen MR) is 29.1 cm³/mol. The molecule has 39 valence electrons. The Morgan fingerprint density at radius 2 is 2.57 bits per heavy atom. The van der Waals surface area contributed by atoms with Gasteiger partial charge < -0.3 is 4.84 Å². The van der Waals surface area contributed by atoms with Crippen LogP contribution in [0.5, 0.6) is 0 Å². The summed E-state index contributed by atoms with van der Waals surface area (Å²) >= 11 is 0. The van der Waals surface area contributed by atoms with Gasteiger partial charge in [-0.25, -0.2) is 0 Å². The molecule has 1 aliphatic rings. The molecule has 1 saturated heterocycles. The van der Waals surface area contributed by atoms with Crippen LogP contribution in [0.3, 0.4) is 0 Å². The molecule has 0 unspecified atom stereocenters. The Kier molecular flexibility index (Phi) is 1.71. The molecule has 0 spiro atoms. The fourth-order valence-corrected chi connectivity index (χ4v) is 0.728. The lowest BCUT2D eigenvalue weighted by molar-refractivity contribution is -0.106. The number of nitrogens with zero attached hydrogens (tertiary/aromatic N) is 1. The predicted octanol–water partition coefficient (Wildman–Crippen LogP) is -0.0566. The van der Waals surface area contributed by atoms with Crippen LogP contribution >= 0.6 is 0 Å². The summed E-state index contributed by atoms with van der Waals surface area (Å²) in [4.78, 5) is 4.91. The van der Waals surface area contributed by atoms with Gasteiger partial charge in [0.1, 0.15) is 7.28 Å². The van der Waals surface area contributed by atoms with E-state index in [4.69, 9.17) is 4.84 Å². The fourth-order valence-electron chi connectivity index (χ4n) is 0.728. The molecule has 1 aliphatic heterocycles. The van der Waals surface area contributed by atoms with Crippen molar-refractivity contribution in [1.29, 1.82) is 0 Å². The number of hydrogen-bond donors (Lipinski definition) is 0. The molecule has 0 amide bonds. The quantitative estimate of drug-likeness (QED) is 0.426. The van der Waals surface area contributed by atoms with Gasteiger partial charge in [0.2, 0.25) is 0 Å². The largest absolute Gasteiger partial charge is 0.303 e. The van der Waals surface area contributed by atoms with Crippen molar-refractivity contribution in [3.63, 3.8) is 0 Å². The Morgan fingerprint density at radius 3 is 2.86 bits per heavy atom. The van der Waals surface area contributed by atoms with Crippen LogP contribution in [0.1, 0.15) is 0 Å². The van der Waals surface area contributed by atoms with Crippen LogP contribution in [0.2, 0.25) is 6.32 Å². The van der Waals surface area contributed by atoms with Crippen molar-refractivity contribution in [2.75, 3.05) is 20.1 Å². The van der Waals surface area contributed by atoms with E-state index in [-0.39, 0.29) is 0 Å². The van der Waals surface area contributed by atoms with Gasteiger partial charge in [-0.05, 0) is 6.44 Å². The summed E-state index contributed by atoms with van der Waals surface area (Å²) in [6.07, 6.45) is 2.17. The maximum atomic E-state index is 4.91. The first-order chi connectivity index (χ1) is 3.43. The Bertz CT molecular complexity index is 53.7. The molecule has 0 aliphatic carbocycles. The SMILES string of the molecule is CON1C[B]CC1. The van der Waals surface area contributed by atoms with E-state index < -0.39 is 0 Å². The highest BCUT2D eigenvalue weighted by atomic mass is 16.7. The minimum Gasteiger partial charge on any atom is -0.303 e. The molecule has 7 heavy (non-hydrogen) atoms. The third-order valence-corrected chi connectivity index (χ3v) is 1.17. The topological polar surface area (TPSA) is 12.5 Å². The molecular weight excluding hydrogens is 88.9 g/mol. The van der Waals surface area contributed by atoms with E-state index in [1.54, 1.807) is 7.11 Å². The Balaban J connectivity index is 2.14. The normalized spacial score (nSPS) is 22.4. The summed E-state index contributed by atoms with van der Waals surface area (Å²) < 4.78 is 0. The average Bonchev–Trinajstić information content (AvgIpc) is 2.14. The van der Waals surface area contributed by atoms with Crippen molar-refractivity contribution >= 4 is 7.28 Å². The van der Waals surface area contributed by atoms with Crippen LogP contribution in [0.4, 0.5) is 0 Å². The van der Waals surface area contributed by atoms with Gasteiger partial charge in [0.05, 0.1) is 7.11 Å². The third kappa shape index (κ3) is 1.18. The lowest BCUT2D eigenvalue weighted by atomic mass is 9.79. The molecule has 1 heterocycles. The summed E-state index contributed by atoms with van der Waals surface area (Å²) in [5.74, 6) is 0. The van der Waals surface area contributed by atoms with Gasteiger partial charge in [-0.1, -0.05) is 6.32 Å². The summed E-state index contributed by atoms with van der Waals surface area (Å²) in [6.45, 7) is 1.07. The molecule has 2 nitrogen and oxygen atoms in total. The summed E-state index contributed by atoms with van der Waals surface area (Å²) in [7, 11) is 3.92. The van der Waals surface area contributed by atoms with Crippen molar-refractivity contribution in [2.24, 2.45) is 0 Å². The molecule has 0 bridgehead atoms. The standard InChI is InChI=1S/C4H9BNO/c1-7-6-3-2-5-4-6/h2-4H2,1H3. The molecular formula is C4H9BNO. The maximum absolute atomic E-state index is 4.91. The molecule has 1 fully saturated rings. The molecule has 0 aromatic carbocycles. The molecule has 1 radical (unpaired) electrons. The van der Waals surface area contributed by atoms with Gasteiger partial charge in [-0.15, -0.1) is 0 Å². The first-order valence-corrected chi connectivity index (χ1v) is 2.54. The van der Waals surface area contributed by atoms with Gasteiger partial charge >= 0.3 is 0 Å². The zero-order valence-corrected chi connectivity index (χ0v) is 4.55. The first kappa shape index (κ1) is 5.13. The average molecular weight is 97.9 g/mol. The second-order valence-corrected chi connectivity index (χ2v) is 1.65. The van der Waals surface area contributed by atoms with E-state index in [0.717, 1.165) is 13.0 Å². The van der Waals surface area contributed by atoms with Crippen molar-refractivity contribution in [3.8, 4) is 0 Å². The van der Waals surface area contributed by atoms with E-state index >= 15 is 0 Å². The molecule has 0 aromatic heterocycles. The van der Waals surface area contributed by atoms with E-state index in [2.05, 4.69) is 7.28 Å². The van der Waals surface area contributed by atoms with Crippen LogP contribution in [0.15, 0.2) is 0 Å². The number of hydroxylamine groups is 2. The van der Waals surface area contributed by atoms with Crippen molar-refractivity contribution in [2.45, 2.75) is 6.32 Å². The molecule has 0 aromatic rings. The summed E-state index contributed by atoms with van der Waals surface area (Å²) in [5.41, 5.74) is 0. The number of rotatable bonds is 1. The maximum Gasteiger partial charge on any atom is 0.133 e. The van der Waals surface area contributed by atoms with Crippen LogP contribution in [-0.4, -0.2) is 32.4 Å². The van der Waals surface area contributed by atoms with E-state index in [1.807, 2.05) is 5.06 Å². The molecule has 0 N–H and O–H groups in total. The van der Waals surface area contributed by atoms with Gasteiger partial charge in [-0.2, -0.15) is 5.06 Å². The minimum atomic E-state index is 0.997. The molecule has 0 saturated carbocycles. The highest BCUT2D eigenvalue weighted by Gasteiger charge is 2.09. The molecule has 3 heteroatoms. The van der Waals surface area contributed by atoms with Crippen LogP contribution in [0, 0.1) is 0 Å². The van der Waals surface area contributed by atoms with E-state index in [0.29, 0.717) is 0 Å². The van der Waals surface area contributed by atoms with Gasteiger partial charge in [0, 0.05) is 6.54 Å². The van der Waals surface area contributed by atoms with Crippen LogP contribution < -0.4 is 0 Å². The van der Waals surface area contributed by atoms with Crippen LogP contribution in [-0.2, 0) is 4.84 Å². The Hall–Kier alpha value is -0.0151. The second-order valence-electron chi connectivity index (χ2n) is 1.65. The van der Waals surface area contributed by atoms with Crippen molar-refractivity contribution < 1.29 is 4.84 Å². The van der Waals surface area contributed by atoms with Gasteiger partial charge in [0.15, 0.2) is 0 Å². The van der Waals surface area contributed by atoms with Gasteiger partial charge in [-0.3, -0.25) is 0 Å². The van der Waals surface area contributed by atoms with Crippen molar-refractivity contribution in [3.05, 3.63) is 0 Å². The Labute approximate surface area is 44.6 Å². The molecule has 1 rings (SSSR count). The zero-order valence-electron chi connectivity index (χ0n) is 4.55. The molecule has 0 atom stereocenters. The monoisotopic (exact) mass is 98.1 g/mol. The third-order valence-electron chi connectivity index (χ3n) is 1.17. The van der Waals surface area contributed by atoms with Crippen molar-refractivity contribution in [1.82, 2.24) is 5.06 Å². The lowest BCUT2D eigenvalue weighted by Gasteiger charge is -2.09. The number of hydrogen-bond acceptors (Lipinski definition) is 2. The van der Waals surface area contributed by atoms with E-state index in [9.17, 15) is 0 Å². The van der Waals surface area contributed by atoms with E-state index in [1.165, 1.54) is 6.32 Å². The highest BCUT2D eigenvalue weighted by molar-refractivity contribution is 6.36. The second kappa shape index (κ2) is 2.33. The lowest BCUT2D eigenvalue weighted by Crippen LogP contribution is -2.17. The summed E-state index contributed by atoms with van der Waals surface area (Å²) in [6, 6.07) is 0. The smallest absolute Gasteiger partial charge is 0.133 e. The van der Waals surface area contributed by atoms with Crippen LogP contribution in [0.25, 0.3) is 0 Å². The van der Waals surface area contributed by atoms with Gasteiger partial charge in [0.25, 0.3) is 0 Å².